The van der Waals surface area contributed by atoms with Crippen LogP contribution in [0.3, 0.4) is 0 Å². The molecule has 3 aromatic rings. The first-order valence-corrected chi connectivity index (χ1v) is 12.7. The standard InChI is InChI=1S/C25H25N3O5S/c1-26-25(30)23-15-21(11-12-27-23)33-20-8-4-16-3-7-19(13-18(16)14-20)28-24(29)17-5-9-22(10-6-17)34(2,31)32/h4-6,8-12,14-15,19H,3,7,13H2,1-2H3,(H,26,30)(H,28,29). The van der Waals surface area contributed by atoms with Gasteiger partial charge in [0.25, 0.3) is 11.8 Å². The summed E-state index contributed by atoms with van der Waals surface area (Å²) < 4.78 is 29.2. The third kappa shape index (κ3) is 5.43. The Labute approximate surface area is 198 Å². The first-order chi connectivity index (χ1) is 16.2. The number of carbonyl (C=O) groups is 2. The SMILES string of the molecule is CNC(=O)c1cc(Oc2ccc3c(c2)CC(NC(=O)c2ccc(S(C)(=O)=O)cc2)CC3)ccn1. The van der Waals surface area contributed by atoms with Crippen molar-refractivity contribution in [2.24, 2.45) is 0 Å². The van der Waals surface area contributed by atoms with E-state index in [4.69, 9.17) is 4.74 Å². The molecule has 0 saturated heterocycles. The summed E-state index contributed by atoms with van der Waals surface area (Å²) in [5, 5.41) is 5.58. The number of carbonyl (C=O) groups excluding carboxylic acids is 2. The van der Waals surface area contributed by atoms with E-state index in [0.717, 1.165) is 24.7 Å². The molecule has 0 bridgehead atoms. The normalized spacial score (nSPS) is 15.2. The second-order valence-corrected chi connectivity index (χ2v) is 10.2. The lowest BCUT2D eigenvalue weighted by atomic mass is 9.88. The Balaban J connectivity index is 1.43. The molecule has 1 aliphatic carbocycles. The summed E-state index contributed by atoms with van der Waals surface area (Å²) in [5.74, 6) is 0.614. The second-order valence-electron chi connectivity index (χ2n) is 8.20. The van der Waals surface area contributed by atoms with Crippen LogP contribution in [0, 0.1) is 0 Å². The molecule has 0 fully saturated rings. The summed E-state index contributed by atoms with van der Waals surface area (Å²) in [5.41, 5.74) is 2.98. The Hall–Kier alpha value is -3.72. The number of pyridine rings is 1. The number of aryl methyl sites for hydroxylation is 1. The molecule has 0 radical (unpaired) electrons. The largest absolute Gasteiger partial charge is 0.457 e. The van der Waals surface area contributed by atoms with E-state index in [-0.39, 0.29) is 28.4 Å². The molecular formula is C25H25N3O5S. The van der Waals surface area contributed by atoms with Crippen LogP contribution in [-0.2, 0) is 22.7 Å². The number of sulfone groups is 1. The molecule has 2 N–H and O–H groups in total. The van der Waals surface area contributed by atoms with Crippen molar-refractivity contribution in [3.63, 3.8) is 0 Å². The van der Waals surface area contributed by atoms with E-state index >= 15 is 0 Å². The Morgan fingerprint density at radius 3 is 2.41 bits per heavy atom. The predicted octanol–water partition coefficient (Wildman–Crippen LogP) is 2.92. The van der Waals surface area contributed by atoms with Gasteiger partial charge in [-0.15, -0.1) is 0 Å². The Kier molecular flexibility index (Phi) is 6.65. The van der Waals surface area contributed by atoms with E-state index in [1.165, 1.54) is 36.0 Å². The lowest BCUT2D eigenvalue weighted by Crippen LogP contribution is -2.38. The first kappa shape index (κ1) is 23.4. The van der Waals surface area contributed by atoms with Crippen molar-refractivity contribution in [3.05, 3.63) is 83.2 Å². The molecule has 0 spiro atoms. The van der Waals surface area contributed by atoms with Gasteiger partial charge >= 0.3 is 0 Å². The van der Waals surface area contributed by atoms with Crippen LogP contribution in [-0.4, -0.2) is 44.6 Å². The maximum atomic E-state index is 12.7. The van der Waals surface area contributed by atoms with Gasteiger partial charge in [-0.05, 0) is 72.9 Å². The van der Waals surface area contributed by atoms with E-state index in [0.29, 0.717) is 23.5 Å². The van der Waals surface area contributed by atoms with Gasteiger partial charge in [0.1, 0.15) is 17.2 Å². The fraction of sp³-hybridized carbons (Fsp3) is 0.240. The molecule has 1 heterocycles. The second kappa shape index (κ2) is 9.64. The zero-order chi connectivity index (χ0) is 24.3. The van der Waals surface area contributed by atoms with Crippen LogP contribution in [0.25, 0.3) is 0 Å². The van der Waals surface area contributed by atoms with Crippen molar-refractivity contribution in [3.8, 4) is 11.5 Å². The number of fused-ring (bicyclic) bond motifs is 1. The van der Waals surface area contributed by atoms with Gasteiger partial charge in [0, 0.05) is 37.2 Å². The summed E-state index contributed by atoms with van der Waals surface area (Å²) in [4.78, 5) is 28.7. The number of ether oxygens (including phenoxy) is 1. The highest BCUT2D eigenvalue weighted by atomic mass is 32.2. The van der Waals surface area contributed by atoms with Crippen LogP contribution in [0.5, 0.6) is 11.5 Å². The van der Waals surface area contributed by atoms with Gasteiger partial charge in [0.2, 0.25) is 0 Å². The van der Waals surface area contributed by atoms with Gasteiger partial charge in [0.15, 0.2) is 9.84 Å². The molecule has 1 aliphatic rings. The van der Waals surface area contributed by atoms with Crippen molar-refractivity contribution < 1.29 is 22.7 Å². The lowest BCUT2D eigenvalue weighted by molar-refractivity contribution is 0.0931. The van der Waals surface area contributed by atoms with E-state index in [2.05, 4.69) is 15.6 Å². The van der Waals surface area contributed by atoms with Crippen molar-refractivity contribution in [2.45, 2.75) is 30.2 Å². The molecule has 1 atom stereocenters. The lowest BCUT2D eigenvalue weighted by Gasteiger charge is -2.26. The Bertz CT molecular complexity index is 1340. The van der Waals surface area contributed by atoms with Crippen molar-refractivity contribution in [2.75, 3.05) is 13.3 Å². The first-order valence-electron chi connectivity index (χ1n) is 10.8. The van der Waals surface area contributed by atoms with Crippen LogP contribution < -0.4 is 15.4 Å². The van der Waals surface area contributed by atoms with Gasteiger partial charge in [-0.3, -0.25) is 14.6 Å². The number of amides is 2. The van der Waals surface area contributed by atoms with Crippen LogP contribution in [0.1, 0.15) is 38.4 Å². The number of nitrogens with one attached hydrogen (secondary N) is 2. The molecule has 176 valence electrons. The van der Waals surface area contributed by atoms with Crippen LogP contribution in [0.4, 0.5) is 0 Å². The molecule has 1 unspecified atom stereocenters. The highest BCUT2D eigenvalue weighted by molar-refractivity contribution is 7.90. The third-order valence-corrected chi connectivity index (χ3v) is 6.84. The molecule has 34 heavy (non-hydrogen) atoms. The van der Waals surface area contributed by atoms with Crippen molar-refractivity contribution >= 4 is 21.7 Å². The zero-order valence-electron chi connectivity index (χ0n) is 18.9. The minimum absolute atomic E-state index is 0.0504. The van der Waals surface area contributed by atoms with Gasteiger partial charge in [-0.1, -0.05) is 6.07 Å². The van der Waals surface area contributed by atoms with E-state index < -0.39 is 9.84 Å². The highest BCUT2D eigenvalue weighted by Crippen LogP contribution is 2.29. The van der Waals surface area contributed by atoms with Gasteiger partial charge in [0.05, 0.1) is 4.90 Å². The predicted molar refractivity (Wildman–Crippen MR) is 127 cm³/mol. The third-order valence-electron chi connectivity index (χ3n) is 5.71. The molecule has 8 nitrogen and oxygen atoms in total. The van der Waals surface area contributed by atoms with Crippen LogP contribution in [0.2, 0.25) is 0 Å². The number of nitrogens with zero attached hydrogens (tertiary/aromatic N) is 1. The van der Waals surface area contributed by atoms with Crippen molar-refractivity contribution in [1.82, 2.24) is 15.6 Å². The summed E-state index contributed by atoms with van der Waals surface area (Å²) >= 11 is 0. The Morgan fingerprint density at radius 2 is 1.71 bits per heavy atom. The Morgan fingerprint density at radius 1 is 0.971 bits per heavy atom. The van der Waals surface area contributed by atoms with Gasteiger partial charge < -0.3 is 15.4 Å². The molecule has 0 aliphatic heterocycles. The van der Waals surface area contributed by atoms with Gasteiger partial charge in [-0.25, -0.2) is 8.42 Å². The number of hydrogen-bond acceptors (Lipinski definition) is 6. The minimum atomic E-state index is -3.31. The average molecular weight is 480 g/mol. The fourth-order valence-corrected chi connectivity index (χ4v) is 4.54. The number of aromatic nitrogens is 1. The molecular weight excluding hydrogens is 454 g/mol. The molecule has 9 heteroatoms. The topological polar surface area (TPSA) is 114 Å². The smallest absolute Gasteiger partial charge is 0.269 e. The number of hydrogen-bond donors (Lipinski definition) is 2. The van der Waals surface area contributed by atoms with Gasteiger partial charge in [-0.2, -0.15) is 0 Å². The van der Waals surface area contributed by atoms with Crippen LogP contribution >= 0.6 is 0 Å². The average Bonchev–Trinajstić information content (AvgIpc) is 2.83. The van der Waals surface area contributed by atoms with E-state index in [1.807, 2.05) is 18.2 Å². The maximum Gasteiger partial charge on any atom is 0.269 e. The summed E-state index contributed by atoms with van der Waals surface area (Å²) in [6.45, 7) is 0. The summed E-state index contributed by atoms with van der Waals surface area (Å²) in [6.07, 6.45) is 4.94. The van der Waals surface area contributed by atoms with Crippen LogP contribution in [0.15, 0.2) is 65.7 Å². The zero-order valence-corrected chi connectivity index (χ0v) is 19.7. The molecule has 4 rings (SSSR count). The highest BCUT2D eigenvalue weighted by Gasteiger charge is 2.22. The molecule has 1 aromatic heterocycles. The van der Waals surface area contributed by atoms with Crippen molar-refractivity contribution in [1.29, 1.82) is 0 Å². The summed E-state index contributed by atoms with van der Waals surface area (Å²) in [6, 6.07) is 15.0. The quantitative estimate of drug-likeness (QED) is 0.562. The summed E-state index contributed by atoms with van der Waals surface area (Å²) in [7, 11) is -1.77. The van der Waals surface area contributed by atoms with E-state index in [9.17, 15) is 18.0 Å². The molecule has 2 aromatic carbocycles. The minimum Gasteiger partial charge on any atom is -0.457 e. The monoisotopic (exact) mass is 479 g/mol. The number of rotatable bonds is 6. The number of benzene rings is 2. The molecule has 0 saturated carbocycles. The maximum absolute atomic E-state index is 12.7. The molecule has 2 amide bonds. The van der Waals surface area contributed by atoms with E-state index in [1.54, 1.807) is 19.2 Å². The fourth-order valence-electron chi connectivity index (χ4n) is 3.91.